The lowest BCUT2D eigenvalue weighted by Gasteiger charge is -2.30. The monoisotopic (exact) mass is 498 g/mol. The summed E-state index contributed by atoms with van der Waals surface area (Å²) in [6, 6.07) is 18.0. The number of carbonyl (C=O) groups is 2. The zero-order chi connectivity index (χ0) is 25.8. The van der Waals surface area contributed by atoms with E-state index < -0.39 is 11.9 Å². The van der Waals surface area contributed by atoms with Crippen molar-refractivity contribution in [3.8, 4) is 5.88 Å². The van der Waals surface area contributed by atoms with Crippen molar-refractivity contribution in [1.82, 2.24) is 9.88 Å². The molecule has 7 bridgehead atoms. The highest BCUT2D eigenvalue weighted by Gasteiger charge is 2.29. The second-order valence-electron chi connectivity index (χ2n) is 10.2. The minimum absolute atomic E-state index is 0.0417. The summed E-state index contributed by atoms with van der Waals surface area (Å²) in [4.78, 5) is 31.8. The number of benzene rings is 2. The van der Waals surface area contributed by atoms with Gasteiger partial charge < -0.3 is 14.7 Å². The van der Waals surface area contributed by atoms with Gasteiger partial charge in [0.25, 0.3) is 5.91 Å². The van der Waals surface area contributed by atoms with Crippen LogP contribution in [-0.4, -0.2) is 40.0 Å². The molecule has 0 aliphatic carbocycles. The first kappa shape index (κ1) is 25.0. The van der Waals surface area contributed by atoms with Crippen LogP contribution in [0.2, 0.25) is 0 Å². The first-order valence-corrected chi connectivity index (χ1v) is 13.3. The number of hydrogen-bond acceptors (Lipinski definition) is 4. The quantitative estimate of drug-likeness (QED) is 0.496. The summed E-state index contributed by atoms with van der Waals surface area (Å²) in [7, 11) is 0. The minimum atomic E-state index is -0.857. The first-order valence-electron chi connectivity index (χ1n) is 13.3. The van der Waals surface area contributed by atoms with Gasteiger partial charge in [-0.2, -0.15) is 0 Å². The second-order valence-corrected chi connectivity index (χ2v) is 10.2. The summed E-state index contributed by atoms with van der Waals surface area (Å²) in [5.41, 5.74) is 6.02. The molecule has 6 nitrogen and oxygen atoms in total. The summed E-state index contributed by atoms with van der Waals surface area (Å²) < 4.78 is 5.86. The Hall–Kier alpha value is -3.67. The van der Waals surface area contributed by atoms with E-state index in [1.807, 2.05) is 35.2 Å². The number of hydrogen-bond donors (Lipinski definition) is 1. The van der Waals surface area contributed by atoms with E-state index >= 15 is 0 Å². The summed E-state index contributed by atoms with van der Waals surface area (Å²) in [6.07, 6.45) is 7.80. The lowest BCUT2D eigenvalue weighted by molar-refractivity contribution is -0.141. The lowest BCUT2D eigenvalue weighted by atomic mass is 9.80. The Morgan fingerprint density at radius 1 is 0.973 bits per heavy atom. The fourth-order valence-electron chi connectivity index (χ4n) is 5.48. The third kappa shape index (κ3) is 5.68. The molecule has 6 heterocycles. The number of aromatic nitrogens is 1. The Bertz CT molecular complexity index is 1250. The van der Waals surface area contributed by atoms with Crippen molar-refractivity contribution < 1.29 is 19.4 Å². The molecule has 0 radical (unpaired) electrons. The predicted molar refractivity (Wildman–Crippen MR) is 142 cm³/mol. The number of amides is 1. The molecule has 0 saturated heterocycles. The van der Waals surface area contributed by atoms with Gasteiger partial charge in [-0.15, -0.1) is 0 Å². The summed E-state index contributed by atoms with van der Waals surface area (Å²) in [6.45, 7) is 3.54. The van der Waals surface area contributed by atoms with Crippen LogP contribution in [0.3, 0.4) is 0 Å². The third-order valence-corrected chi connectivity index (χ3v) is 7.71. The molecule has 6 heteroatoms. The number of nitrogens with zero attached hydrogens (tertiary/aromatic N) is 2. The van der Waals surface area contributed by atoms with Crippen LogP contribution in [-0.2, 0) is 24.2 Å². The Labute approximate surface area is 218 Å². The van der Waals surface area contributed by atoms with Gasteiger partial charge in [0.15, 0.2) is 0 Å². The van der Waals surface area contributed by atoms with Crippen molar-refractivity contribution in [1.29, 1.82) is 0 Å². The van der Waals surface area contributed by atoms with Crippen LogP contribution in [0.25, 0.3) is 0 Å². The molecule has 0 fully saturated rings. The van der Waals surface area contributed by atoms with Crippen LogP contribution in [0, 0.1) is 5.92 Å². The summed E-state index contributed by atoms with van der Waals surface area (Å²) in [5, 5.41) is 9.90. The second kappa shape index (κ2) is 11.2. The van der Waals surface area contributed by atoms with Gasteiger partial charge in [-0.25, -0.2) is 4.98 Å². The van der Waals surface area contributed by atoms with E-state index in [0.29, 0.717) is 31.1 Å². The van der Waals surface area contributed by atoms with Crippen molar-refractivity contribution in [2.45, 2.75) is 57.9 Å². The number of rotatable bonds is 2. The Balaban J connectivity index is 1.49. The topological polar surface area (TPSA) is 79.7 Å². The zero-order valence-electron chi connectivity index (χ0n) is 21.4. The summed E-state index contributed by atoms with van der Waals surface area (Å²) in [5.74, 6) is -1.25. The molecule has 37 heavy (non-hydrogen) atoms. The molecular formula is C31H34N2O4. The maximum atomic E-state index is 13.3. The largest absolute Gasteiger partial charge is 0.481 e. The van der Waals surface area contributed by atoms with E-state index in [1.165, 1.54) is 11.1 Å². The van der Waals surface area contributed by atoms with Crippen LogP contribution < -0.4 is 4.74 Å². The number of ether oxygens (including phenoxy) is 1. The molecule has 1 amide bonds. The van der Waals surface area contributed by atoms with Gasteiger partial charge in [0.05, 0.1) is 12.5 Å². The highest BCUT2D eigenvalue weighted by molar-refractivity contribution is 5.94. The van der Waals surface area contributed by atoms with E-state index in [2.05, 4.69) is 29.2 Å². The highest BCUT2D eigenvalue weighted by atomic mass is 16.5. The van der Waals surface area contributed by atoms with Crippen molar-refractivity contribution in [2.24, 2.45) is 5.92 Å². The SMILES string of the molecule is C[C@@H](C(=O)O)[C@H]1c2ccc(nc2)OCCCCCCc2ccc(cc2)C(=O)N2CCc3ccc1cc3C2. The minimum Gasteiger partial charge on any atom is -0.481 e. The smallest absolute Gasteiger partial charge is 0.307 e. The fourth-order valence-corrected chi connectivity index (χ4v) is 5.48. The number of aryl methyl sites for hydroxylation is 1. The van der Waals surface area contributed by atoms with Crippen molar-refractivity contribution >= 4 is 11.9 Å². The molecule has 1 aromatic heterocycles. The molecule has 8 rings (SSSR count). The van der Waals surface area contributed by atoms with Gasteiger partial charge in [-0.3, -0.25) is 9.59 Å². The molecule has 2 aromatic carbocycles. The Kier molecular flexibility index (Phi) is 7.54. The van der Waals surface area contributed by atoms with Crippen LogP contribution in [0.1, 0.15) is 76.7 Å². The van der Waals surface area contributed by atoms with Crippen molar-refractivity contribution in [3.63, 3.8) is 0 Å². The number of aliphatic carboxylic acids is 1. The molecule has 3 aromatic rings. The van der Waals surface area contributed by atoms with Crippen LogP contribution >= 0.6 is 0 Å². The van der Waals surface area contributed by atoms with Gasteiger partial charge in [-0.05, 0) is 65.6 Å². The molecule has 0 saturated carbocycles. The van der Waals surface area contributed by atoms with E-state index in [4.69, 9.17) is 4.74 Å². The van der Waals surface area contributed by atoms with E-state index in [9.17, 15) is 14.7 Å². The van der Waals surface area contributed by atoms with Crippen LogP contribution in [0.4, 0.5) is 0 Å². The predicted octanol–water partition coefficient (Wildman–Crippen LogP) is 5.63. The van der Waals surface area contributed by atoms with Crippen LogP contribution in [0.15, 0.2) is 60.8 Å². The van der Waals surface area contributed by atoms with E-state index in [1.54, 1.807) is 13.1 Å². The van der Waals surface area contributed by atoms with Crippen molar-refractivity contribution in [3.05, 3.63) is 94.2 Å². The normalized spacial score (nSPS) is 19.1. The molecule has 0 spiro atoms. The zero-order valence-corrected chi connectivity index (χ0v) is 21.4. The molecule has 5 aliphatic rings. The molecule has 2 atom stereocenters. The fraction of sp³-hybridized carbons (Fsp3) is 0.387. The number of carboxylic acid groups (broad SMARTS) is 1. The van der Waals surface area contributed by atoms with Gasteiger partial charge in [0.1, 0.15) is 0 Å². The third-order valence-electron chi connectivity index (χ3n) is 7.71. The van der Waals surface area contributed by atoms with Gasteiger partial charge in [-0.1, -0.05) is 56.2 Å². The standard InChI is InChI=1S/C31H34N2O4/c1-21(31(35)36)29-25-12-11-23-15-16-33(20-27(23)18-25)30(34)24-9-7-22(8-10-24)6-4-2-3-5-17-37-28-14-13-26(29)19-32-28/h7-14,18-19,21,29H,2-6,15-17,20H2,1H3,(H,35,36)/t21-,29-/m1/s1. The summed E-state index contributed by atoms with van der Waals surface area (Å²) >= 11 is 0. The van der Waals surface area contributed by atoms with E-state index in [0.717, 1.165) is 55.2 Å². The Morgan fingerprint density at radius 2 is 1.76 bits per heavy atom. The van der Waals surface area contributed by atoms with Gasteiger partial charge in [0.2, 0.25) is 5.88 Å². The average molecular weight is 499 g/mol. The average Bonchev–Trinajstić information content (AvgIpc) is 2.92. The number of pyridine rings is 1. The highest BCUT2D eigenvalue weighted by Crippen LogP contribution is 2.35. The molecule has 0 unspecified atom stereocenters. The van der Waals surface area contributed by atoms with E-state index in [-0.39, 0.29) is 11.8 Å². The first-order chi connectivity index (χ1) is 18.0. The molecular weight excluding hydrogens is 464 g/mol. The molecule has 192 valence electrons. The van der Waals surface area contributed by atoms with Gasteiger partial charge in [0, 0.05) is 36.8 Å². The number of carbonyl (C=O) groups excluding carboxylic acids is 1. The molecule has 5 aliphatic heterocycles. The van der Waals surface area contributed by atoms with Crippen molar-refractivity contribution in [2.75, 3.05) is 13.2 Å². The molecule has 1 N–H and O–H groups in total. The van der Waals surface area contributed by atoms with Gasteiger partial charge >= 0.3 is 5.97 Å². The maximum absolute atomic E-state index is 13.3. The lowest BCUT2D eigenvalue weighted by Crippen LogP contribution is -2.36. The number of carboxylic acids is 1. The maximum Gasteiger partial charge on any atom is 0.307 e. The Morgan fingerprint density at radius 3 is 2.51 bits per heavy atom. The van der Waals surface area contributed by atoms with Crippen LogP contribution in [0.5, 0.6) is 5.88 Å².